The Hall–Kier alpha value is -3.53. The number of hydrazone groups is 1. The number of thioether (sulfide) groups is 1. The van der Waals surface area contributed by atoms with Crippen molar-refractivity contribution < 1.29 is 19.0 Å². The third-order valence-corrected chi connectivity index (χ3v) is 5.77. The fraction of sp³-hybridized carbons (Fsp3) is 0.304. The SMILES string of the molecule is CCn1c(SCC(=O)NN=Cc2ccc(OC)c(OC)c2OC)nnc1-c1ccc(C)cc1. The molecule has 0 saturated carbocycles. The van der Waals surface area contributed by atoms with Gasteiger partial charge in [-0.05, 0) is 26.0 Å². The summed E-state index contributed by atoms with van der Waals surface area (Å²) in [4.78, 5) is 12.3. The van der Waals surface area contributed by atoms with Crippen LogP contribution in [0.1, 0.15) is 18.1 Å². The lowest BCUT2D eigenvalue weighted by atomic mass is 10.1. The van der Waals surface area contributed by atoms with Crippen LogP contribution in [0.5, 0.6) is 17.2 Å². The minimum Gasteiger partial charge on any atom is -0.493 e. The van der Waals surface area contributed by atoms with Crippen LogP contribution < -0.4 is 19.6 Å². The zero-order valence-corrected chi connectivity index (χ0v) is 20.1. The van der Waals surface area contributed by atoms with Gasteiger partial charge in [-0.25, -0.2) is 5.43 Å². The van der Waals surface area contributed by atoms with Crippen LogP contribution in [0.3, 0.4) is 0 Å². The minimum atomic E-state index is -0.266. The number of ether oxygens (including phenoxy) is 3. The molecule has 9 nitrogen and oxygen atoms in total. The standard InChI is InChI=1S/C23H27N5O4S/c1-6-28-22(16-9-7-15(2)8-10-16)26-27-23(28)33-14-19(29)25-24-13-17-11-12-18(30-3)21(32-5)20(17)31-4/h7-13H,6,14H2,1-5H3,(H,25,29). The molecule has 0 aliphatic rings. The van der Waals surface area contributed by atoms with E-state index >= 15 is 0 Å². The van der Waals surface area contributed by atoms with E-state index in [1.807, 2.05) is 42.7 Å². The molecule has 0 bridgehead atoms. The first kappa shape index (κ1) is 24.1. The van der Waals surface area contributed by atoms with Crippen LogP contribution in [-0.2, 0) is 11.3 Å². The molecule has 2 aromatic carbocycles. The van der Waals surface area contributed by atoms with Gasteiger partial charge in [0.1, 0.15) is 0 Å². The molecule has 0 atom stereocenters. The lowest BCUT2D eigenvalue weighted by Gasteiger charge is -2.13. The Kier molecular flexibility index (Phi) is 8.31. The lowest BCUT2D eigenvalue weighted by Crippen LogP contribution is -2.20. The molecule has 10 heteroatoms. The molecular weight excluding hydrogens is 442 g/mol. The normalized spacial score (nSPS) is 10.9. The van der Waals surface area contributed by atoms with E-state index in [0.29, 0.717) is 34.5 Å². The summed E-state index contributed by atoms with van der Waals surface area (Å²) in [6, 6.07) is 11.6. The number of nitrogens with one attached hydrogen (secondary N) is 1. The number of nitrogens with zero attached hydrogens (tertiary/aromatic N) is 4. The lowest BCUT2D eigenvalue weighted by molar-refractivity contribution is -0.118. The topological polar surface area (TPSA) is 99.9 Å². The molecule has 0 aliphatic heterocycles. The minimum absolute atomic E-state index is 0.145. The maximum absolute atomic E-state index is 12.3. The molecule has 0 spiro atoms. The quantitative estimate of drug-likeness (QED) is 0.275. The molecule has 0 radical (unpaired) electrons. The van der Waals surface area contributed by atoms with E-state index in [1.165, 1.54) is 37.8 Å². The van der Waals surface area contributed by atoms with Crippen LogP contribution in [0.25, 0.3) is 11.4 Å². The highest BCUT2D eigenvalue weighted by Crippen LogP contribution is 2.39. The van der Waals surface area contributed by atoms with Gasteiger partial charge >= 0.3 is 0 Å². The summed E-state index contributed by atoms with van der Waals surface area (Å²) in [6.07, 6.45) is 1.49. The largest absolute Gasteiger partial charge is 0.493 e. The van der Waals surface area contributed by atoms with Crippen molar-refractivity contribution in [1.29, 1.82) is 0 Å². The molecule has 3 aromatic rings. The number of rotatable bonds is 10. The average molecular weight is 470 g/mol. The summed E-state index contributed by atoms with van der Waals surface area (Å²) in [5.74, 6) is 2.11. The van der Waals surface area contributed by atoms with Gasteiger partial charge in [-0.15, -0.1) is 10.2 Å². The molecule has 0 saturated heterocycles. The van der Waals surface area contributed by atoms with Crippen molar-refractivity contribution in [2.24, 2.45) is 5.10 Å². The second-order valence-electron chi connectivity index (χ2n) is 6.92. The van der Waals surface area contributed by atoms with Crippen molar-refractivity contribution in [3.8, 4) is 28.6 Å². The van der Waals surface area contributed by atoms with Gasteiger partial charge in [0, 0.05) is 17.7 Å². The monoisotopic (exact) mass is 469 g/mol. The Bertz CT molecular complexity index is 1130. The number of aromatic nitrogens is 3. The number of benzene rings is 2. The van der Waals surface area contributed by atoms with Crippen LogP contribution in [0.15, 0.2) is 46.7 Å². The maximum atomic E-state index is 12.3. The number of amides is 1. The van der Waals surface area contributed by atoms with Gasteiger partial charge in [0.05, 0.1) is 33.3 Å². The maximum Gasteiger partial charge on any atom is 0.250 e. The first-order valence-electron chi connectivity index (χ1n) is 10.3. The molecule has 1 aromatic heterocycles. The molecule has 1 heterocycles. The molecule has 0 fully saturated rings. The van der Waals surface area contributed by atoms with Gasteiger partial charge in [0.15, 0.2) is 22.5 Å². The number of hydrogen-bond donors (Lipinski definition) is 1. The summed E-state index contributed by atoms with van der Waals surface area (Å²) in [5.41, 5.74) is 5.33. The molecule has 0 unspecified atom stereocenters. The zero-order chi connectivity index (χ0) is 23.8. The van der Waals surface area contributed by atoms with Gasteiger partial charge in [-0.2, -0.15) is 5.10 Å². The van der Waals surface area contributed by atoms with E-state index in [2.05, 4.69) is 20.7 Å². The van der Waals surface area contributed by atoms with Crippen molar-refractivity contribution in [3.05, 3.63) is 47.5 Å². The third-order valence-electron chi connectivity index (χ3n) is 4.80. The summed E-state index contributed by atoms with van der Waals surface area (Å²) in [5, 5.41) is 13.3. The van der Waals surface area contributed by atoms with Crippen LogP contribution >= 0.6 is 11.8 Å². The fourth-order valence-electron chi connectivity index (χ4n) is 3.16. The number of methoxy groups -OCH3 is 3. The van der Waals surface area contributed by atoms with Gasteiger partial charge in [-0.1, -0.05) is 41.6 Å². The summed E-state index contributed by atoms with van der Waals surface area (Å²) < 4.78 is 18.0. The predicted molar refractivity (Wildman–Crippen MR) is 128 cm³/mol. The smallest absolute Gasteiger partial charge is 0.250 e. The number of carbonyl (C=O) groups excluding carboxylic acids is 1. The summed E-state index contributed by atoms with van der Waals surface area (Å²) in [6.45, 7) is 4.75. The van der Waals surface area contributed by atoms with Crippen molar-refractivity contribution in [2.75, 3.05) is 27.1 Å². The summed E-state index contributed by atoms with van der Waals surface area (Å²) >= 11 is 1.31. The van der Waals surface area contributed by atoms with Crippen LogP contribution in [0.2, 0.25) is 0 Å². The second kappa shape index (κ2) is 11.4. The van der Waals surface area contributed by atoms with Gasteiger partial charge < -0.3 is 18.8 Å². The number of aryl methyl sites for hydroxylation is 1. The van der Waals surface area contributed by atoms with E-state index in [1.54, 1.807) is 19.2 Å². The highest BCUT2D eigenvalue weighted by molar-refractivity contribution is 7.99. The number of hydrogen-bond acceptors (Lipinski definition) is 8. The Labute approximate surface area is 197 Å². The van der Waals surface area contributed by atoms with E-state index in [4.69, 9.17) is 14.2 Å². The highest BCUT2D eigenvalue weighted by atomic mass is 32.2. The van der Waals surface area contributed by atoms with Gasteiger partial charge in [0.25, 0.3) is 5.91 Å². The van der Waals surface area contributed by atoms with Crippen LogP contribution in [0.4, 0.5) is 0 Å². The summed E-state index contributed by atoms with van der Waals surface area (Å²) in [7, 11) is 4.60. The highest BCUT2D eigenvalue weighted by Gasteiger charge is 2.16. The predicted octanol–water partition coefficient (Wildman–Crippen LogP) is 3.54. The van der Waals surface area contributed by atoms with Crippen molar-refractivity contribution in [3.63, 3.8) is 0 Å². The van der Waals surface area contributed by atoms with E-state index in [0.717, 1.165) is 11.4 Å². The molecule has 1 N–H and O–H groups in total. The Morgan fingerprint density at radius 3 is 2.42 bits per heavy atom. The van der Waals surface area contributed by atoms with Crippen molar-refractivity contribution in [1.82, 2.24) is 20.2 Å². The number of carbonyl (C=O) groups is 1. The van der Waals surface area contributed by atoms with Crippen molar-refractivity contribution >= 4 is 23.9 Å². The second-order valence-corrected chi connectivity index (χ2v) is 7.86. The Morgan fingerprint density at radius 1 is 1.06 bits per heavy atom. The van der Waals surface area contributed by atoms with Gasteiger partial charge in [-0.3, -0.25) is 4.79 Å². The molecule has 3 rings (SSSR count). The van der Waals surface area contributed by atoms with E-state index in [-0.39, 0.29) is 11.7 Å². The fourth-order valence-corrected chi connectivity index (χ4v) is 3.95. The van der Waals surface area contributed by atoms with Crippen LogP contribution in [-0.4, -0.2) is 54.0 Å². The van der Waals surface area contributed by atoms with Crippen molar-refractivity contribution in [2.45, 2.75) is 25.5 Å². The average Bonchev–Trinajstić information content (AvgIpc) is 3.25. The molecule has 33 heavy (non-hydrogen) atoms. The zero-order valence-electron chi connectivity index (χ0n) is 19.3. The van der Waals surface area contributed by atoms with Crippen LogP contribution in [0, 0.1) is 6.92 Å². The van der Waals surface area contributed by atoms with Gasteiger partial charge in [0.2, 0.25) is 5.75 Å². The molecule has 0 aliphatic carbocycles. The first-order valence-corrected chi connectivity index (χ1v) is 11.2. The molecule has 1 amide bonds. The Balaban J connectivity index is 1.64. The van der Waals surface area contributed by atoms with E-state index in [9.17, 15) is 4.79 Å². The molecular formula is C23H27N5O4S. The molecule has 174 valence electrons. The first-order chi connectivity index (χ1) is 16.0. The van der Waals surface area contributed by atoms with E-state index < -0.39 is 0 Å². The third kappa shape index (κ3) is 5.64. The Morgan fingerprint density at radius 2 is 1.79 bits per heavy atom.